The quantitative estimate of drug-likeness (QED) is 0.338. The molecule has 1 aromatic carbocycles. The van der Waals surface area contributed by atoms with Crippen molar-refractivity contribution in [2.45, 2.75) is 34.6 Å². The van der Waals surface area contributed by atoms with Crippen LogP contribution >= 0.6 is 11.8 Å². The van der Waals surface area contributed by atoms with Crippen molar-refractivity contribution in [3.63, 3.8) is 0 Å². The zero-order valence-corrected chi connectivity index (χ0v) is 15.0. The van der Waals surface area contributed by atoms with Crippen LogP contribution in [0, 0.1) is 0 Å². The van der Waals surface area contributed by atoms with Crippen LogP contribution < -0.4 is 0 Å². The van der Waals surface area contributed by atoms with E-state index in [9.17, 15) is 0 Å². The summed E-state index contributed by atoms with van der Waals surface area (Å²) in [6.45, 7) is 14.4. The fraction of sp³-hybridized carbons (Fsp3) is 0.250. The summed E-state index contributed by atoms with van der Waals surface area (Å²) >= 11 is 1.69. The van der Waals surface area contributed by atoms with E-state index < -0.39 is 0 Å². The van der Waals surface area contributed by atoms with Gasteiger partial charge in [0.25, 0.3) is 0 Å². The van der Waals surface area contributed by atoms with Crippen molar-refractivity contribution in [2.75, 3.05) is 0 Å². The lowest BCUT2D eigenvalue weighted by Gasteiger charge is -2.09. The van der Waals surface area contributed by atoms with Crippen LogP contribution in [0.25, 0.3) is 5.57 Å². The van der Waals surface area contributed by atoms with Gasteiger partial charge in [-0.05, 0) is 57.4 Å². The number of allylic oxidation sites excluding steroid dienone is 6. The third-order valence-electron chi connectivity index (χ3n) is 3.28. The first-order valence-electron chi connectivity index (χ1n) is 7.43. The molecule has 0 saturated carbocycles. The van der Waals surface area contributed by atoms with Crippen molar-refractivity contribution in [2.24, 2.45) is 4.99 Å². The van der Waals surface area contributed by atoms with Crippen LogP contribution in [0.3, 0.4) is 0 Å². The van der Waals surface area contributed by atoms with Crippen molar-refractivity contribution in [1.82, 2.24) is 0 Å². The van der Waals surface area contributed by atoms with E-state index in [0.29, 0.717) is 0 Å². The molecule has 0 saturated heterocycles. The first-order chi connectivity index (χ1) is 10.5. The first kappa shape index (κ1) is 18.2. The lowest BCUT2D eigenvalue weighted by Crippen LogP contribution is -1.90. The van der Waals surface area contributed by atoms with Crippen molar-refractivity contribution >= 4 is 22.4 Å². The predicted octanol–water partition coefficient (Wildman–Crippen LogP) is 6.63. The smallest absolute Gasteiger partial charge is 0.0751 e. The Balaban J connectivity index is 3.06. The number of nitrogens with zero attached hydrogens (tertiary/aromatic N) is 1. The average Bonchev–Trinajstić information content (AvgIpc) is 2.53. The molecule has 1 rings (SSSR count). The number of thioether (sulfide) groups is 1. The molecule has 1 aromatic rings. The van der Waals surface area contributed by atoms with E-state index in [2.05, 4.69) is 49.7 Å². The maximum absolute atomic E-state index is 4.57. The molecule has 0 aromatic heterocycles. The number of rotatable bonds is 5. The molecule has 0 bridgehead atoms. The van der Waals surface area contributed by atoms with Crippen LogP contribution in [-0.2, 0) is 0 Å². The summed E-state index contributed by atoms with van der Waals surface area (Å²) in [6.07, 6.45) is 6.27. The van der Waals surface area contributed by atoms with Crippen molar-refractivity contribution in [3.05, 3.63) is 76.9 Å². The van der Waals surface area contributed by atoms with E-state index in [1.54, 1.807) is 11.8 Å². The molecule has 0 N–H and O–H groups in total. The van der Waals surface area contributed by atoms with Crippen LogP contribution in [0.15, 0.2) is 76.3 Å². The highest BCUT2D eigenvalue weighted by Crippen LogP contribution is 2.29. The molecule has 0 unspecified atom stereocenters. The number of hydrogen-bond donors (Lipinski definition) is 0. The van der Waals surface area contributed by atoms with Gasteiger partial charge in [0.1, 0.15) is 0 Å². The Bertz CT molecular complexity index is 631. The number of hydrogen-bond acceptors (Lipinski definition) is 2. The van der Waals surface area contributed by atoms with Gasteiger partial charge in [0.05, 0.1) is 5.04 Å². The van der Waals surface area contributed by atoms with Gasteiger partial charge in [-0.1, -0.05) is 60.8 Å². The minimum atomic E-state index is 1.01. The Kier molecular flexibility index (Phi) is 7.69. The van der Waals surface area contributed by atoms with E-state index in [0.717, 1.165) is 21.9 Å². The largest absolute Gasteiger partial charge is 0.252 e. The molecule has 116 valence electrons. The molecule has 0 fully saturated rings. The molecule has 22 heavy (non-hydrogen) atoms. The molecule has 1 nitrogen and oxygen atoms in total. The highest BCUT2D eigenvalue weighted by molar-refractivity contribution is 8.17. The van der Waals surface area contributed by atoms with Gasteiger partial charge in [-0.25, -0.2) is 0 Å². The second-order valence-electron chi connectivity index (χ2n) is 5.03. The van der Waals surface area contributed by atoms with Crippen LogP contribution in [0.1, 0.15) is 40.2 Å². The van der Waals surface area contributed by atoms with Crippen molar-refractivity contribution < 1.29 is 0 Å². The average molecular weight is 311 g/mol. The Hall–Kier alpha value is -1.80. The predicted molar refractivity (Wildman–Crippen MR) is 103 cm³/mol. The summed E-state index contributed by atoms with van der Waals surface area (Å²) in [4.78, 5) is 5.76. The van der Waals surface area contributed by atoms with E-state index >= 15 is 0 Å². The molecule has 0 aliphatic heterocycles. The molecule has 0 atom stereocenters. The highest BCUT2D eigenvalue weighted by atomic mass is 32.2. The fourth-order valence-corrected chi connectivity index (χ4v) is 2.74. The first-order valence-corrected chi connectivity index (χ1v) is 8.25. The number of benzene rings is 1. The maximum Gasteiger partial charge on any atom is 0.0751 e. The third-order valence-corrected chi connectivity index (χ3v) is 4.33. The summed E-state index contributed by atoms with van der Waals surface area (Å²) in [5.74, 6) is 0. The Morgan fingerprint density at radius 2 is 1.68 bits per heavy atom. The Morgan fingerprint density at radius 3 is 2.23 bits per heavy atom. The molecule has 0 heterocycles. The molecule has 0 radical (unpaired) electrons. The lowest BCUT2D eigenvalue weighted by molar-refractivity contribution is 1.29. The zero-order valence-electron chi connectivity index (χ0n) is 14.2. The summed E-state index contributed by atoms with van der Waals surface area (Å²) in [5.41, 5.74) is 4.42. The normalized spacial score (nSPS) is 14.2. The summed E-state index contributed by atoms with van der Waals surface area (Å²) in [5, 5.41) is 1.03. The maximum atomic E-state index is 4.57. The van der Waals surface area contributed by atoms with Gasteiger partial charge in [0.2, 0.25) is 0 Å². The summed E-state index contributed by atoms with van der Waals surface area (Å²) in [6, 6.07) is 10.2. The zero-order chi connectivity index (χ0) is 16.5. The topological polar surface area (TPSA) is 12.4 Å². The molecule has 0 aliphatic carbocycles. The third kappa shape index (κ3) is 5.90. The van der Waals surface area contributed by atoms with E-state index in [1.165, 1.54) is 10.5 Å². The summed E-state index contributed by atoms with van der Waals surface area (Å²) < 4.78 is 0. The Morgan fingerprint density at radius 1 is 1.05 bits per heavy atom. The van der Waals surface area contributed by atoms with E-state index in [1.807, 2.05) is 45.0 Å². The monoisotopic (exact) mass is 311 g/mol. The van der Waals surface area contributed by atoms with E-state index in [-0.39, 0.29) is 0 Å². The van der Waals surface area contributed by atoms with Crippen LogP contribution in [0.2, 0.25) is 0 Å². The molecule has 0 aliphatic rings. The SMILES string of the molecule is C=C(/C=C(SC(C)=N/C(C)=C\C)\C(C)=C/C)c1ccccc1. The highest BCUT2D eigenvalue weighted by Gasteiger charge is 2.05. The van der Waals surface area contributed by atoms with Gasteiger partial charge >= 0.3 is 0 Å². The minimum absolute atomic E-state index is 1.01. The van der Waals surface area contributed by atoms with Gasteiger partial charge < -0.3 is 0 Å². The Labute approximate surface area is 139 Å². The van der Waals surface area contributed by atoms with Gasteiger partial charge in [-0.3, -0.25) is 4.99 Å². The van der Waals surface area contributed by atoms with Gasteiger partial charge in [-0.2, -0.15) is 0 Å². The van der Waals surface area contributed by atoms with Crippen molar-refractivity contribution in [3.8, 4) is 0 Å². The molecular formula is C20H25NS. The van der Waals surface area contributed by atoms with Gasteiger partial charge in [-0.15, -0.1) is 0 Å². The molecule has 2 heteroatoms. The van der Waals surface area contributed by atoms with Crippen LogP contribution in [-0.4, -0.2) is 5.04 Å². The second-order valence-corrected chi connectivity index (χ2v) is 6.27. The standard InChI is InChI=1S/C20H25NS/c1-7-15(3)20(22-18(6)21-17(5)8-2)14-16(4)19-12-10-9-11-13-19/h7-14H,4H2,1-3,5-6H3/b15-7-,17-8-,20-14+,21-18?. The molecule has 0 amide bonds. The van der Waals surface area contributed by atoms with Gasteiger partial charge in [0, 0.05) is 10.6 Å². The second kappa shape index (κ2) is 9.26. The van der Waals surface area contributed by atoms with Crippen molar-refractivity contribution in [1.29, 1.82) is 0 Å². The summed E-state index contributed by atoms with van der Waals surface area (Å²) in [7, 11) is 0. The lowest BCUT2D eigenvalue weighted by atomic mass is 10.1. The molecular weight excluding hydrogens is 286 g/mol. The van der Waals surface area contributed by atoms with Crippen LogP contribution in [0.4, 0.5) is 0 Å². The van der Waals surface area contributed by atoms with Crippen LogP contribution in [0.5, 0.6) is 0 Å². The number of aliphatic imine (C=N–C) groups is 1. The van der Waals surface area contributed by atoms with Gasteiger partial charge in [0.15, 0.2) is 0 Å². The van der Waals surface area contributed by atoms with E-state index in [4.69, 9.17) is 0 Å². The minimum Gasteiger partial charge on any atom is -0.252 e. The molecule has 0 spiro atoms. The fourth-order valence-electron chi connectivity index (χ4n) is 1.75.